The number of halogens is 2. The van der Waals surface area contributed by atoms with Crippen molar-refractivity contribution >= 4 is 22.9 Å². The number of thiophene rings is 1. The Labute approximate surface area is 122 Å². The molecule has 0 spiro atoms. The van der Waals surface area contributed by atoms with Crippen LogP contribution in [0.4, 0.5) is 4.39 Å². The zero-order chi connectivity index (χ0) is 14.0. The highest BCUT2D eigenvalue weighted by atomic mass is 35.5. The van der Waals surface area contributed by atoms with Crippen LogP contribution in [0, 0.1) is 11.7 Å². The van der Waals surface area contributed by atoms with E-state index in [0.717, 1.165) is 4.88 Å². The molecule has 0 aliphatic rings. The lowest BCUT2D eigenvalue weighted by molar-refractivity contribution is 0.449. The third-order valence-corrected chi connectivity index (χ3v) is 4.54. The van der Waals surface area contributed by atoms with E-state index in [1.807, 2.05) is 13.1 Å². The molecule has 1 heterocycles. The van der Waals surface area contributed by atoms with Crippen LogP contribution in [0.25, 0.3) is 10.4 Å². The summed E-state index contributed by atoms with van der Waals surface area (Å²) in [7, 11) is 1.95. The third-order valence-electron chi connectivity index (χ3n) is 3.10. The minimum absolute atomic E-state index is 0.233. The first kappa shape index (κ1) is 14.5. The number of benzene rings is 1. The van der Waals surface area contributed by atoms with E-state index in [9.17, 15) is 4.39 Å². The summed E-state index contributed by atoms with van der Waals surface area (Å²) in [6.07, 6.45) is 0. The first-order chi connectivity index (χ1) is 9.02. The van der Waals surface area contributed by atoms with Gasteiger partial charge in [-0.25, -0.2) is 4.39 Å². The highest BCUT2D eigenvalue weighted by Gasteiger charge is 2.17. The Kier molecular flexibility index (Phi) is 4.61. The van der Waals surface area contributed by atoms with Crippen molar-refractivity contribution in [2.24, 2.45) is 5.92 Å². The Balaban J connectivity index is 2.38. The van der Waals surface area contributed by atoms with Crippen LogP contribution >= 0.6 is 22.9 Å². The van der Waals surface area contributed by atoms with Gasteiger partial charge in [0, 0.05) is 26.4 Å². The summed E-state index contributed by atoms with van der Waals surface area (Å²) >= 11 is 7.55. The van der Waals surface area contributed by atoms with Crippen LogP contribution < -0.4 is 5.32 Å². The molecule has 0 saturated carbocycles. The molecule has 1 atom stereocenters. The summed E-state index contributed by atoms with van der Waals surface area (Å²) in [5.74, 6) is 0.254. The summed E-state index contributed by atoms with van der Waals surface area (Å²) in [6.45, 7) is 4.33. The highest BCUT2D eigenvalue weighted by Crippen LogP contribution is 2.36. The average Bonchev–Trinajstić information content (AvgIpc) is 2.82. The number of rotatable bonds is 4. The summed E-state index contributed by atoms with van der Waals surface area (Å²) in [5.41, 5.74) is 0.572. The quantitative estimate of drug-likeness (QED) is 0.825. The summed E-state index contributed by atoms with van der Waals surface area (Å²) < 4.78 is 13.8. The van der Waals surface area contributed by atoms with E-state index in [0.29, 0.717) is 22.5 Å². The SMILES string of the molecule is CNC(c1ccc(-c2cc(Cl)ccc2F)s1)C(C)C. The molecule has 0 aliphatic heterocycles. The molecule has 19 heavy (non-hydrogen) atoms. The van der Waals surface area contributed by atoms with Crippen molar-refractivity contribution in [1.29, 1.82) is 0 Å². The Hall–Kier alpha value is -0.900. The molecule has 1 N–H and O–H groups in total. The molecule has 0 aliphatic carbocycles. The molecule has 0 saturated heterocycles. The van der Waals surface area contributed by atoms with Gasteiger partial charge in [0.05, 0.1) is 0 Å². The third kappa shape index (κ3) is 3.16. The van der Waals surface area contributed by atoms with Crippen LogP contribution in [0.1, 0.15) is 24.8 Å². The molecule has 1 nitrogen and oxygen atoms in total. The van der Waals surface area contributed by atoms with Gasteiger partial charge >= 0.3 is 0 Å². The minimum Gasteiger partial charge on any atom is -0.312 e. The maximum Gasteiger partial charge on any atom is 0.131 e. The van der Waals surface area contributed by atoms with Crippen LogP contribution in [-0.2, 0) is 0 Å². The van der Waals surface area contributed by atoms with E-state index < -0.39 is 0 Å². The topological polar surface area (TPSA) is 12.0 Å². The van der Waals surface area contributed by atoms with E-state index in [-0.39, 0.29) is 5.82 Å². The fourth-order valence-corrected chi connectivity index (χ4v) is 3.64. The van der Waals surface area contributed by atoms with E-state index in [1.165, 1.54) is 10.9 Å². The zero-order valence-corrected chi connectivity index (χ0v) is 12.8. The summed E-state index contributed by atoms with van der Waals surface area (Å²) in [5, 5.41) is 3.86. The van der Waals surface area contributed by atoms with Gasteiger partial charge in [-0.1, -0.05) is 25.4 Å². The molecule has 0 radical (unpaired) electrons. The Morgan fingerprint density at radius 3 is 2.58 bits per heavy atom. The van der Waals surface area contributed by atoms with Gasteiger partial charge in [0.2, 0.25) is 0 Å². The summed E-state index contributed by atoms with van der Waals surface area (Å²) in [6, 6.07) is 8.97. The lowest BCUT2D eigenvalue weighted by atomic mass is 10.0. The van der Waals surface area contributed by atoms with Gasteiger partial charge in [0.1, 0.15) is 5.82 Å². The van der Waals surface area contributed by atoms with E-state index >= 15 is 0 Å². The van der Waals surface area contributed by atoms with Gasteiger partial charge in [-0.3, -0.25) is 0 Å². The first-order valence-electron chi connectivity index (χ1n) is 6.25. The second kappa shape index (κ2) is 6.04. The maximum absolute atomic E-state index is 13.8. The van der Waals surface area contributed by atoms with Gasteiger partial charge in [0.15, 0.2) is 0 Å². The second-order valence-corrected chi connectivity index (χ2v) is 6.39. The first-order valence-corrected chi connectivity index (χ1v) is 7.44. The molecule has 1 aromatic carbocycles. The van der Waals surface area contributed by atoms with Crippen molar-refractivity contribution in [3.8, 4) is 10.4 Å². The second-order valence-electron chi connectivity index (χ2n) is 4.84. The van der Waals surface area contributed by atoms with Crippen molar-refractivity contribution in [1.82, 2.24) is 5.32 Å². The average molecular weight is 298 g/mol. The van der Waals surface area contributed by atoms with Crippen LogP contribution in [-0.4, -0.2) is 7.05 Å². The number of nitrogens with one attached hydrogen (secondary N) is 1. The van der Waals surface area contributed by atoms with Gasteiger partial charge < -0.3 is 5.32 Å². The number of hydrogen-bond acceptors (Lipinski definition) is 2. The molecule has 1 unspecified atom stereocenters. The monoisotopic (exact) mass is 297 g/mol. The summed E-state index contributed by atoms with van der Waals surface area (Å²) in [4.78, 5) is 2.13. The maximum atomic E-state index is 13.8. The predicted octanol–water partition coefficient (Wildman–Crippen LogP) is 5.12. The molecular weight excluding hydrogens is 281 g/mol. The van der Waals surface area contributed by atoms with Gasteiger partial charge in [-0.2, -0.15) is 0 Å². The molecule has 2 rings (SSSR count). The smallest absolute Gasteiger partial charge is 0.131 e. The van der Waals surface area contributed by atoms with Gasteiger partial charge in [-0.15, -0.1) is 11.3 Å². The van der Waals surface area contributed by atoms with Crippen molar-refractivity contribution in [3.05, 3.63) is 46.0 Å². The number of hydrogen-bond donors (Lipinski definition) is 1. The molecule has 0 fully saturated rings. The molecule has 102 valence electrons. The predicted molar refractivity (Wildman–Crippen MR) is 81.4 cm³/mol. The Bertz CT molecular complexity index is 565. The zero-order valence-electron chi connectivity index (χ0n) is 11.2. The van der Waals surface area contributed by atoms with Crippen molar-refractivity contribution < 1.29 is 4.39 Å². The van der Waals surface area contributed by atoms with E-state index in [4.69, 9.17) is 11.6 Å². The van der Waals surface area contributed by atoms with E-state index in [2.05, 4.69) is 25.2 Å². The van der Waals surface area contributed by atoms with Crippen LogP contribution in [0.15, 0.2) is 30.3 Å². The fraction of sp³-hybridized carbons (Fsp3) is 0.333. The van der Waals surface area contributed by atoms with Crippen LogP contribution in [0.3, 0.4) is 0 Å². The van der Waals surface area contributed by atoms with Crippen molar-refractivity contribution in [2.75, 3.05) is 7.05 Å². The Morgan fingerprint density at radius 2 is 1.95 bits per heavy atom. The standard InChI is InChI=1S/C15H17ClFNS/c1-9(2)15(18-3)14-7-6-13(19-14)11-8-10(16)4-5-12(11)17/h4-9,15,18H,1-3H3. The highest BCUT2D eigenvalue weighted by molar-refractivity contribution is 7.15. The minimum atomic E-state index is -0.233. The van der Waals surface area contributed by atoms with Crippen LogP contribution in [0.5, 0.6) is 0 Å². The van der Waals surface area contributed by atoms with Crippen molar-refractivity contribution in [2.45, 2.75) is 19.9 Å². The fourth-order valence-electron chi connectivity index (χ4n) is 2.16. The van der Waals surface area contributed by atoms with E-state index in [1.54, 1.807) is 23.5 Å². The molecule has 2 aromatic rings. The lowest BCUT2D eigenvalue weighted by Crippen LogP contribution is -2.20. The molecule has 0 amide bonds. The molecular formula is C15H17ClFNS. The van der Waals surface area contributed by atoms with Gasteiger partial charge in [0.25, 0.3) is 0 Å². The molecule has 4 heteroatoms. The largest absolute Gasteiger partial charge is 0.312 e. The van der Waals surface area contributed by atoms with Crippen LogP contribution in [0.2, 0.25) is 5.02 Å². The van der Waals surface area contributed by atoms with Gasteiger partial charge in [-0.05, 0) is 43.3 Å². The molecule has 0 bridgehead atoms. The van der Waals surface area contributed by atoms with Crippen molar-refractivity contribution in [3.63, 3.8) is 0 Å². The Morgan fingerprint density at radius 1 is 1.21 bits per heavy atom. The lowest BCUT2D eigenvalue weighted by Gasteiger charge is -2.18. The molecule has 1 aromatic heterocycles. The normalized spacial score (nSPS) is 12.9.